The van der Waals surface area contributed by atoms with Crippen molar-refractivity contribution in [1.82, 2.24) is 24.1 Å². The molecule has 0 saturated carbocycles. The van der Waals surface area contributed by atoms with E-state index in [0.717, 1.165) is 39.1 Å². The monoisotopic (exact) mass is 303 g/mol. The fourth-order valence-electron chi connectivity index (χ4n) is 3.07. The quantitative estimate of drug-likeness (QED) is 0.543. The first-order chi connectivity index (χ1) is 11.3. The Kier molecular flexibility index (Phi) is 2.33. The van der Waals surface area contributed by atoms with Gasteiger partial charge < -0.3 is 18.5 Å². The number of furan rings is 1. The number of imidazole rings is 2. The lowest BCUT2D eigenvalue weighted by molar-refractivity contribution is 0.616. The number of aryl methyl sites for hydroxylation is 1. The van der Waals surface area contributed by atoms with Gasteiger partial charge in [-0.1, -0.05) is 6.07 Å². The maximum Gasteiger partial charge on any atom is 0.161 e. The van der Waals surface area contributed by atoms with Gasteiger partial charge in [-0.3, -0.25) is 0 Å². The van der Waals surface area contributed by atoms with Gasteiger partial charge in [0.05, 0.1) is 11.8 Å². The molecule has 0 atom stereocenters. The summed E-state index contributed by atoms with van der Waals surface area (Å²) in [5.41, 5.74) is 4.83. The molecule has 5 aromatic rings. The zero-order chi connectivity index (χ0) is 15.4. The molecule has 1 aromatic carbocycles. The lowest BCUT2D eigenvalue weighted by Gasteiger charge is -2.03. The summed E-state index contributed by atoms with van der Waals surface area (Å²) in [6.45, 7) is 0. The van der Waals surface area contributed by atoms with E-state index in [4.69, 9.17) is 4.42 Å². The van der Waals surface area contributed by atoms with Crippen molar-refractivity contribution in [2.24, 2.45) is 7.05 Å². The van der Waals surface area contributed by atoms with Crippen LogP contribution in [0.5, 0.6) is 0 Å². The first-order valence-electron chi connectivity index (χ1n) is 7.31. The minimum Gasteiger partial charge on any atom is -0.460 e. The van der Waals surface area contributed by atoms with Gasteiger partial charge in [0.15, 0.2) is 5.58 Å². The molecule has 0 spiro atoms. The molecule has 6 heteroatoms. The van der Waals surface area contributed by atoms with Crippen LogP contribution in [0.4, 0.5) is 0 Å². The highest BCUT2D eigenvalue weighted by atomic mass is 16.3. The lowest BCUT2D eigenvalue weighted by atomic mass is 10.1. The molecule has 23 heavy (non-hydrogen) atoms. The molecular weight excluding hydrogens is 290 g/mol. The van der Waals surface area contributed by atoms with Gasteiger partial charge in [0.1, 0.15) is 23.3 Å². The van der Waals surface area contributed by atoms with Crippen LogP contribution in [0.2, 0.25) is 0 Å². The van der Waals surface area contributed by atoms with Crippen LogP contribution in [0.15, 0.2) is 60.0 Å². The van der Waals surface area contributed by atoms with E-state index in [-0.39, 0.29) is 0 Å². The molecule has 0 bridgehead atoms. The summed E-state index contributed by atoms with van der Waals surface area (Å²) in [6.07, 6.45) is 10.9. The third kappa shape index (κ3) is 1.63. The Morgan fingerprint density at radius 2 is 2.09 bits per heavy atom. The molecule has 4 heterocycles. The average molecular weight is 303 g/mol. The number of hydrogen-bond acceptors (Lipinski definition) is 3. The molecule has 6 nitrogen and oxygen atoms in total. The molecule has 0 amide bonds. The van der Waals surface area contributed by atoms with Crippen molar-refractivity contribution in [2.45, 2.75) is 0 Å². The van der Waals surface area contributed by atoms with Gasteiger partial charge in [-0.25, -0.2) is 9.97 Å². The molecule has 0 saturated heterocycles. The number of para-hydroxylation sites is 1. The Morgan fingerprint density at radius 3 is 2.87 bits per heavy atom. The second kappa shape index (κ2) is 4.36. The van der Waals surface area contributed by atoms with Crippen molar-refractivity contribution in [3.8, 4) is 17.1 Å². The average Bonchev–Trinajstić information content (AvgIpc) is 3.30. The van der Waals surface area contributed by atoms with Crippen molar-refractivity contribution in [3.05, 3.63) is 55.6 Å². The smallest absolute Gasteiger partial charge is 0.161 e. The summed E-state index contributed by atoms with van der Waals surface area (Å²) in [5, 5.41) is 1.05. The predicted molar refractivity (Wildman–Crippen MR) is 87.4 cm³/mol. The molecule has 0 aliphatic carbocycles. The molecule has 0 aliphatic rings. The fraction of sp³-hybridized carbons (Fsp3) is 0.0588. The number of nitrogens with zero attached hydrogens (tertiary/aromatic N) is 4. The molecule has 0 unspecified atom stereocenters. The van der Waals surface area contributed by atoms with Crippen LogP contribution < -0.4 is 0 Å². The van der Waals surface area contributed by atoms with Crippen LogP contribution in [0.25, 0.3) is 39.1 Å². The predicted octanol–water partition coefficient (Wildman–Crippen LogP) is 3.50. The number of benzene rings is 1. The Bertz CT molecular complexity index is 1130. The van der Waals surface area contributed by atoms with E-state index in [2.05, 4.69) is 27.1 Å². The summed E-state index contributed by atoms with van der Waals surface area (Å²) in [5.74, 6) is 0.920. The molecule has 0 aliphatic heterocycles. The van der Waals surface area contributed by atoms with Gasteiger partial charge in [-0.2, -0.15) is 0 Å². The van der Waals surface area contributed by atoms with E-state index in [9.17, 15) is 0 Å². The van der Waals surface area contributed by atoms with E-state index in [1.165, 1.54) is 0 Å². The van der Waals surface area contributed by atoms with Gasteiger partial charge in [0.25, 0.3) is 0 Å². The summed E-state index contributed by atoms with van der Waals surface area (Å²) < 4.78 is 9.76. The van der Waals surface area contributed by atoms with E-state index in [1.807, 2.05) is 34.6 Å². The van der Waals surface area contributed by atoms with Gasteiger partial charge in [-0.15, -0.1) is 0 Å². The summed E-state index contributed by atoms with van der Waals surface area (Å²) in [7, 11) is 1.99. The van der Waals surface area contributed by atoms with Crippen LogP contribution in [0, 0.1) is 0 Å². The topological polar surface area (TPSA) is 64.6 Å². The lowest BCUT2D eigenvalue weighted by Crippen LogP contribution is -1.92. The highest BCUT2D eigenvalue weighted by molar-refractivity contribution is 6.10. The zero-order valence-corrected chi connectivity index (χ0v) is 12.4. The largest absolute Gasteiger partial charge is 0.460 e. The highest BCUT2D eigenvalue weighted by Crippen LogP contribution is 2.35. The second-order valence-electron chi connectivity index (χ2n) is 5.51. The van der Waals surface area contributed by atoms with Crippen molar-refractivity contribution in [1.29, 1.82) is 0 Å². The van der Waals surface area contributed by atoms with Gasteiger partial charge in [0, 0.05) is 42.8 Å². The van der Waals surface area contributed by atoms with Crippen molar-refractivity contribution in [2.75, 3.05) is 0 Å². The molecule has 1 N–H and O–H groups in total. The first kappa shape index (κ1) is 12.3. The maximum atomic E-state index is 5.82. The summed E-state index contributed by atoms with van der Waals surface area (Å²) in [4.78, 5) is 12.1. The van der Waals surface area contributed by atoms with Crippen LogP contribution >= 0.6 is 0 Å². The Labute approximate surface area is 131 Å². The fourth-order valence-corrected chi connectivity index (χ4v) is 3.07. The number of rotatable bonds is 2. The van der Waals surface area contributed by atoms with Crippen molar-refractivity contribution < 1.29 is 4.42 Å². The highest BCUT2D eigenvalue weighted by Gasteiger charge is 2.17. The number of H-pyrrole nitrogens is 1. The van der Waals surface area contributed by atoms with Gasteiger partial charge in [-0.05, 0) is 12.1 Å². The van der Waals surface area contributed by atoms with Crippen molar-refractivity contribution >= 4 is 22.0 Å². The number of fused-ring (bicyclic) bond motifs is 3. The zero-order valence-electron chi connectivity index (χ0n) is 12.4. The molecule has 4 aromatic heterocycles. The molecule has 0 fully saturated rings. The second-order valence-corrected chi connectivity index (χ2v) is 5.51. The van der Waals surface area contributed by atoms with E-state index >= 15 is 0 Å². The van der Waals surface area contributed by atoms with Crippen molar-refractivity contribution in [3.63, 3.8) is 0 Å². The molecule has 112 valence electrons. The van der Waals surface area contributed by atoms with Crippen LogP contribution in [-0.2, 0) is 7.05 Å². The third-order valence-electron chi connectivity index (χ3n) is 4.18. The summed E-state index contributed by atoms with van der Waals surface area (Å²) in [6, 6.07) is 6.15. The molecule has 0 radical (unpaired) electrons. The maximum absolute atomic E-state index is 5.82. The SMILES string of the molecule is Cn1ccnc1-c1cccc2c1[nH]c1c(-n3ccnc3)coc12. The Hall–Kier alpha value is -3.28. The van der Waals surface area contributed by atoms with Crippen LogP contribution in [0.1, 0.15) is 0 Å². The number of aromatic nitrogens is 5. The number of hydrogen-bond donors (Lipinski definition) is 1. The van der Waals surface area contributed by atoms with E-state index in [0.29, 0.717) is 0 Å². The molecule has 5 rings (SSSR count). The minimum absolute atomic E-state index is 0.847. The third-order valence-corrected chi connectivity index (χ3v) is 4.18. The van der Waals surface area contributed by atoms with E-state index in [1.54, 1.807) is 25.0 Å². The molecular formula is C17H13N5O. The number of aromatic amines is 1. The number of nitrogens with one attached hydrogen (secondary N) is 1. The first-order valence-corrected chi connectivity index (χ1v) is 7.31. The summed E-state index contributed by atoms with van der Waals surface area (Å²) >= 11 is 0. The Morgan fingerprint density at radius 1 is 1.13 bits per heavy atom. The minimum atomic E-state index is 0.847. The van der Waals surface area contributed by atoms with E-state index < -0.39 is 0 Å². The van der Waals surface area contributed by atoms with Crippen LogP contribution in [-0.4, -0.2) is 24.1 Å². The van der Waals surface area contributed by atoms with Gasteiger partial charge >= 0.3 is 0 Å². The Balaban J connectivity index is 1.85. The standard InChI is InChI=1S/C17H13N5O/c1-21-7-6-19-17(21)12-4-2-3-11-14(12)20-15-13(9-23-16(11)15)22-8-5-18-10-22/h2-10,20H,1H3. The van der Waals surface area contributed by atoms with Gasteiger partial charge in [0.2, 0.25) is 0 Å². The normalized spacial score (nSPS) is 11.7. The van der Waals surface area contributed by atoms with Crippen LogP contribution in [0.3, 0.4) is 0 Å².